The van der Waals surface area contributed by atoms with Gasteiger partial charge in [-0.3, -0.25) is 8.75 Å². The van der Waals surface area contributed by atoms with Crippen molar-refractivity contribution in [3.05, 3.63) is 41.4 Å². The Bertz CT molecular complexity index is 557. The number of allylic oxidation sites excluding steroid dienone is 1. The summed E-state index contributed by atoms with van der Waals surface area (Å²) in [5.74, 6) is 0.810. The van der Waals surface area contributed by atoms with Gasteiger partial charge in [0.05, 0.1) is 12.3 Å². The number of rotatable bonds is 6. The fourth-order valence-electron chi connectivity index (χ4n) is 1.59. The number of benzene rings is 1. The van der Waals surface area contributed by atoms with Gasteiger partial charge in [0, 0.05) is 11.6 Å². The first-order valence-corrected chi connectivity index (χ1v) is 6.90. The van der Waals surface area contributed by atoms with Crippen LogP contribution in [0, 0.1) is 0 Å². The molecule has 0 saturated carbocycles. The van der Waals surface area contributed by atoms with Crippen LogP contribution in [0.1, 0.15) is 18.9 Å². The summed E-state index contributed by atoms with van der Waals surface area (Å²) in [5, 5.41) is 1.89. The number of carbonyl (C=O) groups excluding carboxylic acids is 1. The molecule has 0 saturated heterocycles. The van der Waals surface area contributed by atoms with Crippen molar-refractivity contribution < 1.29 is 9.53 Å². The Hall–Kier alpha value is -2.01. The van der Waals surface area contributed by atoms with Crippen molar-refractivity contribution in [1.29, 1.82) is 0 Å². The standard InChI is InChI=1S/C14H16N2O2S/c1-2-8-18-12-5-3-11(4-6-12)14(15)13(10-17)16-7-9-19-16/h3-7,9-10H,2,8,15H2,1H3/b14-13-. The van der Waals surface area contributed by atoms with Gasteiger partial charge in [-0.15, -0.1) is 0 Å². The molecule has 0 unspecified atom stereocenters. The predicted octanol–water partition coefficient (Wildman–Crippen LogP) is 2.82. The maximum Gasteiger partial charge on any atom is 0.169 e. The molecule has 0 aliphatic carbocycles. The van der Waals surface area contributed by atoms with E-state index in [0.29, 0.717) is 18.0 Å². The van der Waals surface area contributed by atoms with E-state index in [1.54, 1.807) is 10.2 Å². The molecule has 1 aromatic carbocycles. The molecule has 2 N–H and O–H groups in total. The van der Waals surface area contributed by atoms with Crippen molar-refractivity contribution >= 4 is 29.2 Å². The number of nitrogens with zero attached hydrogens (tertiary/aromatic N) is 1. The van der Waals surface area contributed by atoms with Gasteiger partial charge in [-0.1, -0.05) is 18.5 Å². The molecule has 4 nitrogen and oxygen atoms in total. The van der Waals surface area contributed by atoms with Gasteiger partial charge in [-0.05, 0) is 36.2 Å². The first-order valence-electron chi connectivity index (χ1n) is 6.07. The molecule has 1 aromatic heterocycles. The number of ether oxygens (including phenoxy) is 1. The molecule has 100 valence electrons. The minimum Gasteiger partial charge on any atom is -0.494 e. The Labute approximate surface area is 116 Å². The van der Waals surface area contributed by atoms with Crippen LogP contribution in [0.15, 0.2) is 35.8 Å². The molecule has 2 aromatic rings. The second-order valence-corrected chi connectivity index (χ2v) is 4.88. The number of aldehydes is 1. The number of carbonyl (C=O) groups is 1. The lowest BCUT2D eigenvalue weighted by Crippen LogP contribution is -2.07. The van der Waals surface area contributed by atoms with Crippen LogP contribution in [0.3, 0.4) is 0 Å². The molecule has 19 heavy (non-hydrogen) atoms. The quantitative estimate of drug-likeness (QED) is 0.652. The molecule has 1 heterocycles. The largest absolute Gasteiger partial charge is 0.494 e. The predicted molar refractivity (Wildman–Crippen MR) is 77.9 cm³/mol. The lowest BCUT2D eigenvalue weighted by atomic mass is 10.1. The summed E-state index contributed by atoms with van der Waals surface area (Å²) >= 11 is 1.43. The fourth-order valence-corrected chi connectivity index (χ4v) is 2.09. The van der Waals surface area contributed by atoms with Gasteiger partial charge in [-0.25, -0.2) is 0 Å². The molecule has 0 radical (unpaired) electrons. The normalized spacial score (nSPS) is 12.1. The fraction of sp³-hybridized carbons (Fsp3) is 0.214. The molecule has 0 amide bonds. The van der Waals surface area contributed by atoms with E-state index in [1.165, 1.54) is 11.5 Å². The lowest BCUT2D eigenvalue weighted by molar-refractivity contribution is -0.103. The minimum atomic E-state index is 0.467. The zero-order valence-electron chi connectivity index (χ0n) is 10.7. The molecular weight excluding hydrogens is 260 g/mol. The highest BCUT2D eigenvalue weighted by Crippen LogP contribution is 2.21. The Balaban J connectivity index is 2.22. The Morgan fingerprint density at radius 1 is 1.42 bits per heavy atom. The van der Waals surface area contributed by atoms with Crippen LogP contribution in [-0.4, -0.2) is 16.8 Å². The monoisotopic (exact) mass is 276 g/mol. The summed E-state index contributed by atoms with van der Waals surface area (Å²) in [6.07, 6.45) is 3.55. The zero-order valence-corrected chi connectivity index (χ0v) is 11.5. The van der Waals surface area contributed by atoms with E-state index in [2.05, 4.69) is 6.92 Å². The van der Waals surface area contributed by atoms with E-state index in [1.807, 2.05) is 29.6 Å². The topological polar surface area (TPSA) is 57.2 Å². The maximum absolute atomic E-state index is 11.1. The summed E-state index contributed by atoms with van der Waals surface area (Å²) in [6, 6.07) is 7.44. The van der Waals surface area contributed by atoms with Gasteiger partial charge in [-0.2, -0.15) is 0 Å². The third-order valence-electron chi connectivity index (χ3n) is 2.63. The SMILES string of the molecule is CCCOc1ccc(/C(N)=C(\C=O)n2ccs2)cc1. The van der Waals surface area contributed by atoms with E-state index in [0.717, 1.165) is 24.0 Å². The summed E-state index contributed by atoms with van der Waals surface area (Å²) in [4.78, 5) is 11.1. The number of nitrogens with two attached hydrogens (primary N) is 1. The molecular formula is C14H16N2O2S. The highest BCUT2D eigenvalue weighted by Gasteiger charge is 2.08. The molecule has 0 aliphatic rings. The Morgan fingerprint density at radius 2 is 2.11 bits per heavy atom. The first-order chi connectivity index (χ1) is 9.26. The van der Waals surface area contributed by atoms with Crippen molar-refractivity contribution in [1.82, 2.24) is 3.96 Å². The van der Waals surface area contributed by atoms with Gasteiger partial charge in [0.1, 0.15) is 11.4 Å². The maximum atomic E-state index is 11.1. The van der Waals surface area contributed by atoms with Crippen LogP contribution in [-0.2, 0) is 4.79 Å². The number of aromatic nitrogens is 1. The molecule has 0 atom stereocenters. The number of hydrogen-bond acceptors (Lipinski definition) is 4. The van der Waals surface area contributed by atoms with E-state index in [-0.39, 0.29) is 0 Å². The average Bonchev–Trinajstić information content (AvgIpc) is 2.40. The van der Waals surface area contributed by atoms with E-state index in [4.69, 9.17) is 10.5 Å². The van der Waals surface area contributed by atoms with Gasteiger partial charge in [0.2, 0.25) is 0 Å². The molecule has 0 spiro atoms. The van der Waals surface area contributed by atoms with Crippen LogP contribution >= 0.6 is 11.5 Å². The van der Waals surface area contributed by atoms with Crippen molar-refractivity contribution in [2.24, 2.45) is 5.73 Å². The van der Waals surface area contributed by atoms with Crippen molar-refractivity contribution in [2.45, 2.75) is 13.3 Å². The van der Waals surface area contributed by atoms with Crippen LogP contribution < -0.4 is 10.5 Å². The lowest BCUT2D eigenvalue weighted by Gasteiger charge is -2.11. The zero-order chi connectivity index (χ0) is 13.7. The van der Waals surface area contributed by atoms with Gasteiger partial charge < -0.3 is 10.5 Å². The van der Waals surface area contributed by atoms with Crippen molar-refractivity contribution in [3.63, 3.8) is 0 Å². The van der Waals surface area contributed by atoms with Crippen LogP contribution in [0.25, 0.3) is 11.4 Å². The second kappa shape index (κ2) is 6.24. The highest BCUT2D eigenvalue weighted by molar-refractivity contribution is 7.06. The molecule has 5 heteroatoms. The van der Waals surface area contributed by atoms with Gasteiger partial charge in [0.25, 0.3) is 0 Å². The Morgan fingerprint density at radius 3 is 2.58 bits per heavy atom. The highest BCUT2D eigenvalue weighted by atomic mass is 32.1. The number of hydrogen-bond donors (Lipinski definition) is 1. The van der Waals surface area contributed by atoms with Gasteiger partial charge in [0.15, 0.2) is 6.29 Å². The van der Waals surface area contributed by atoms with E-state index >= 15 is 0 Å². The Kier molecular flexibility index (Phi) is 4.41. The average molecular weight is 276 g/mol. The first kappa shape index (κ1) is 13.4. The molecule has 0 bridgehead atoms. The summed E-state index contributed by atoms with van der Waals surface area (Å²) in [5.41, 5.74) is 7.77. The molecule has 2 rings (SSSR count). The van der Waals surface area contributed by atoms with E-state index in [9.17, 15) is 4.79 Å². The molecule has 0 aliphatic heterocycles. The smallest absolute Gasteiger partial charge is 0.169 e. The summed E-state index contributed by atoms with van der Waals surface area (Å²) < 4.78 is 7.24. The third kappa shape index (κ3) is 3.06. The van der Waals surface area contributed by atoms with Crippen LogP contribution in [0.4, 0.5) is 0 Å². The summed E-state index contributed by atoms with van der Waals surface area (Å²) in [6.45, 7) is 2.75. The summed E-state index contributed by atoms with van der Waals surface area (Å²) in [7, 11) is 0. The second-order valence-electron chi connectivity index (χ2n) is 4.01. The van der Waals surface area contributed by atoms with E-state index < -0.39 is 0 Å². The van der Waals surface area contributed by atoms with Crippen LogP contribution in [0.5, 0.6) is 5.75 Å². The van der Waals surface area contributed by atoms with Gasteiger partial charge >= 0.3 is 0 Å². The molecule has 0 fully saturated rings. The van der Waals surface area contributed by atoms with Crippen molar-refractivity contribution in [2.75, 3.05) is 6.61 Å². The minimum absolute atomic E-state index is 0.467. The van der Waals surface area contributed by atoms with Crippen molar-refractivity contribution in [3.8, 4) is 5.75 Å². The van der Waals surface area contributed by atoms with Crippen LogP contribution in [0.2, 0.25) is 0 Å². The third-order valence-corrected chi connectivity index (χ3v) is 3.42.